The summed E-state index contributed by atoms with van der Waals surface area (Å²) in [5.74, 6) is -0.234. The number of hydrogen-bond acceptors (Lipinski definition) is 5. The number of amides is 1. The summed E-state index contributed by atoms with van der Waals surface area (Å²) in [7, 11) is 0. The molecule has 6 nitrogen and oxygen atoms in total. The summed E-state index contributed by atoms with van der Waals surface area (Å²) in [6.45, 7) is 16.5. The van der Waals surface area contributed by atoms with Gasteiger partial charge in [-0.05, 0) is 55.4 Å². The van der Waals surface area contributed by atoms with Crippen LogP contribution in [-0.2, 0) is 14.3 Å². The lowest BCUT2D eigenvalue weighted by atomic mass is 10.1. The van der Waals surface area contributed by atoms with Crippen molar-refractivity contribution in [2.45, 2.75) is 78.7 Å². The van der Waals surface area contributed by atoms with Gasteiger partial charge in [0, 0.05) is 25.2 Å². The number of piperazine rings is 1. The summed E-state index contributed by atoms with van der Waals surface area (Å²) < 4.78 is 10.8. The Morgan fingerprint density at radius 2 is 1.35 bits per heavy atom. The third-order valence-corrected chi connectivity index (χ3v) is 3.48. The fraction of sp³-hybridized carbons (Fsp3) is 0.882. The van der Waals surface area contributed by atoms with Crippen LogP contribution in [0.4, 0.5) is 4.79 Å². The van der Waals surface area contributed by atoms with E-state index in [-0.39, 0.29) is 30.7 Å². The first-order valence-electron chi connectivity index (χ1n) is 8.24. The number of carbonyl (C=O) groups excluding carboxylic acids is 2. The lowest BCUT2D eigenvalue weighted by molar-refractivity contribution is -0.158. The second kappa shape index (κ2) is 7.07. The molecule has 0 unspecified atom stereocenters. The lowest BCUT2D eigenvalue weighted by Gasteiger charge is -2.44. The third-order valence-electron chi connectivity index (χ3n) is 3.48. The van der Waals surface area contributed by atoms with E-state index in [9.17, 15) is 9.59 Å². The van der Waals surface area contributed by atoms with Crippen LogP contribution in [0.1, 0.15) is 55.4 Å². The summed E-state index contributed by atoms with van der Waals surface area (Å²) in [4.78, 5) is 28.1. The number of hydrogen-bond donors (Lipinski definition) is 0. The average Bonchev–Trinajstić information content (AvgIpc) is 2.29. The van der Waals surface area contributed by atoms with E-state index in [0.29, 0.717) is 13.1 Å². The van der Waals surface area contributed by atoms with Crippen molar-refractivity contribution in [3.05, 3.63) is 0 Å². The van der Waals surface area contributed by atoms with E-state index in [4.69, 9.17) is 9.47 Å². The molecule has 0 saturated carbocycles. The minimum atomic E-state index is -0.503. The van der Waals surface area contributed by atoms with Gasteiger partial charge in [-0.15, -0.1) is 0 Å². The van der Waals surface area contributed by atoms with E-state index in [1.807, 2.05) is 55.4 Å². The van der Waals surface area contributed by atoms with Crippen LogP contribution in [0.2, 0.25) is 0 Å². The van der Waals surface area contributed by atoms with E-state index in [1.54, 1.807) is 4.90 Å². The summed E-state index contributed by atoms with van der Waals surface area (Å²) in [5, 5.41) is 0. The van der Waals surface area contributed by atoms with E-state index >= 15 is 0 Å². The molecular formula is C17H32N2O4. The minimum absolute atomic E-state index is 0.0683. The fourth-order valence-corrected chi connectivity index (χ4v) is 2.67. The van der Waals surface area contributed by atoms with Crippen LogP contribution in [0.5, 0.6) is 0 Å². The Labute approximate surface area is 140 Å². The number of nitrogens with zero attached hydrogens (tertiary/aromatic N) is 2. The molecule has 0 N–H and O–H groups in total. The van der Waals surface area contributed by atoms with Crippen LogP contribution in [0.15, 0.2) is 0 Å². The number of esters is 1. The van der Waals surface area contributed by atoms with E-state index in [0.717, 1.165) is 0 Å². The molecule has 1 aliphatic rings. The highest BCUT2D eigenvalue weighted by atomic mass is 16.6. The van der Waals surface area contributed by atoms with Gasteiger partial charge in [-0.25, -0.2) is 4.79 Å². The molecule has 1 saturated heterocycles. The molecule has 0 spiro atoms. The van der Waals surface area contributed by atoms with Crippen LogP contribution < -0.4 is 0 Å². The predicted octanol–water partition coefficient (Wildman–Crippen LogP) is 2.66. The Morgan fingerprint density at radius 1 is 0.913 bits per heavy atom. The van der Waals surface area contributed by atoms with Crippen molar-refractivity contribution in [1.82, 2.24) is 9.80 Å². The molecule has 23 heavy (non-hydrogen) atoms. The molecule has 1 aliphatic heterocycles. The first-order chi connectivity index (χ1) is 10.3. The summed E-state index contributed by atoms with van der Waals surface area (Å²) in [5.41, 5.74) is -0.987. The molecule has 1 rings (SSSR count). The summed E-state index contributed by atoms with van der Waals surface area (Å²) in [6, 6.07) is 0.137. The predicted molar refractivity (Wildman–Crippen MR) is 89.3 cm³/mol. The molecule has 0 bridgehead atoms. The van der Waals surface area contributed by atoms with Crippen LogP contribution in [0.3, 0.4) is 0 Å². The molecule has 0 aliphatic carbocycles. The third kappa shape index (κ3) is 6.77. The molecule has 134 valence electrons. The molecule has 0 aromatic rings. The van der Waals surface area contributed by atoms with E-state index in [2.05, 4.69) is 4.90 Å². The Kier molecular flexibility index (Phi) is 6.07. The quantitative estimate of drug-likeness (QED) is 0.729. The van der Waals surface area contributed by atoms with E-state index in [1.165, 1.54) is 0 Å². The minimum Gasteiger partial charge on any atom is -0.459 e. The highest BCUT2D eigenvalue weighted by Crippen LogP contribution is 2.19. The van der Waals surface area contributed by atoms with Crippen molar-refractivity contribution in [2.24, 2.45) is 0 Å². The van der Waals surface area contributed by atoms with Crippen molar-refractivity contribution in [1.29, 1.82) is 0 Å². The zero-order chi connectivity index (χ0) is 18.0. The van der Waals surface area contributed by atoms with Crippen molar-refractivity contribution >= 4 is 12.1 Å². The molecule has 6 heteroatoms. The van der Waals surface area contributed by atoms with Crippen molar-refractivity contribution in [3.63, 3.8) is 0 Å². The van der Waals surface area contributed by atoms with Crippen molar-refractivity contribution < 1.29 is 19.1 Å². The number of rotatable bonds is 2. The molecule has 1 heterocycles. The number of ether oxygens (including phenoxy) is 2. The van der Waals surface area contributed by atoms with Crippen LogP contribution in [-0.4, -0.2) is 64.8 Å². The zero-order valence-electron chi connectivity index (χ0n) is 15.8. The molecule has 1 fully saturated rings. The Balaban J connectivity index is 2.63. The molecule has 1 amide bonds. The summed E-state index contributed by atoms with van der Waals surface area (Å²) in [6.07, 6.45) is -0.298. The molecular weight excluding hydrogens is 296 g/mol. The van der Waals surface area contributed by atoms with Gasteiger partial charge in [0.15, 0.2) is 0 Å². The van der Waals surface area contributed by atoms with Gasteiger partial charge in [-0.3, -0.25) is 9.69 Å². The Bertz CT molecular complexity index is 425. The second-order valence-corrected chi connectivity index (χ2v) is 8.34. The largest absolute Gasteiger partial charge is 0.459 e. The molecule has 0 radical (unpaired) electrons. The second-order valence-electron chi connectivity index (χ2n) is 8.34. The highest BCUT2D eigenvalue weighted by Gasteiger charge is 2.35. The van der Waals surface area contributed by atoms with E-state index < -0.39 is 11.2 Å². The Morgan fingerprint density at radius 3 is 1.74 bits per heavy atom. The van der Waals surface area contributed by atoms with Gasteiger partial charge in [0.25, 0.3) is 0 Å². The molecule has 2 atom stereocenters. The van der Waals surface area contributed by atoms with Gasteiger partial charge in [0.2, 0.25) is 0 Å². The van der Waals surface area contributed by atoms with Crippen LogP contribution >= 0.6 is 0 Å². The monoisotopic (exact) mass is 328 g/mol. The van der Waals surface area contributed by atoms with Crippen molar-refractivity contribution in [3.8, 4) is 0 Å². The maximum Gasteiger partial charge on any atom is 0.410 e. The topological polar surface area (TPSA) is 59.1 Å². The highest BCUT2D eigenvalue weighted by molar-refractivity contribution is 5.72. The van der Waals surface area contributed by atoms with Gasteiger partial charge in [-0.2, -0.15) is 0 Å². The fourth-order valence-electron chi connectivity index (χ4n) is 2.67. The SMILES string of the molecule is C[C@@H]1CN(C(=O)OC(C)(C)C)C[C@H](C)N1CC(=O)OC(C)(C)C. The summed E-state index contributed by atoms with van der Waals surface area (Å²) >= 11 is 0. The van der Waals surface area contributed by atoms with Gasteiger partial charge in [-0.1, -0.05) is 0 Å². The van der Waals surface area contributed by atoms with Crippen molar-refractivity contribution in [2.75, 3.05) is 19.6 Å². The molecule has 0 aromatic heterocycles. The smallest absolute Gasteiger partial charge is 0.410 e. The normalized spacial score (nSPS) is 23.6. The Hall–Kier alpha value is -1.30. The maximum absolute atomic E-state index is 12.2. The maximum atomic E-state index is 12.2. The average molecular weight is 328 g/mol. The van der Waals surface area contributed by atoms with Crippen LogP contribution in [0, 0.1) is 0 Å². The van der Waals surface area contributed by atoms with Gasteiger partial charge >= 0.3 is 12.1 Å². The molecule has 0 aromatic carbocycles. The van der Waals surface area contributed by atoms with Gasteiger partial charge < -0.3 is 14.4 Å². The number of carbonyl (C=O) groups is 2. The standard InChI is InChI=1S/C17H32N2O4/c1-12-9-18(15(21)23-17(6,7)8)10-13(2)19(12)11-14(20)22-16(3,4)5/h12-13H,9-11H2,1-8H3/t12-,13+. The zero-order valence-corrected chi connectivity index (χ0v) is 15.8. The first kappa shape index (κ1) is 19.7. The van der Waals surface area contributed by atoms with Gasteiger partial charge in [0.05, 0.1) is 6.54 Å². The van der Waals surface area contributed by atoms with Crippen LogP contribution in [0.25, 0.3) is 0 Å². The van der Waals surface area contributed by atoms with Gasteiger partial charge in [0.1, 0.15) is 11.2 Å². The first-order valence-corrected chi connectivity index (χ1v) is 8.24. The lowest BCUT2D eigenvalue weighted by Crippen LogP contribution is -2.59.